The van der Waals surface area contributed by atoms with E-state index in [2.05, 4.69) is 32.3 Å². The zero-order valence-electron chi connectivity index (χ0n) is 13.8. The van der Waals surface area contributed by atoms with E-state index in [1.165, 1.54) is 4.88 Å². The number of hydrogen-bond donors (Lipinski definition) is 2. The summed E-state index contributed by atoms with van der Waals surface area (Å²) >= 11 is 11.5. The van der Waals surface area contributed by atoms with Gasteiger partial charge >= 0.3 is 0 Å². The first-order valence-corrected chi connectivity index (χ1v) is 10.5. The summed E-state index contributed by atoms with van der Waals surface area (Å²) in [7, 11) is 0. The SMILES string of the molecule is N[C@H]1[C@H](F)CCC[C@@H]1c1oc2c(NCc3cccs3)cc(Cl)nc2c1Br. The van der Waals surface area contributed by atoms with Gasteiger partial charge in [-0.2, -0.15) is 0 Å². The highest BCUT2D eigenvalue weighted by Gasteiger charge is 2.36. The molecule has 3 N–H and O–H groups in total. The molecule has 3 heterocycles. The second kappa shape index (κ2) is 7.46. The number of alkyl halides is 1. The van der Waals surface area contributed by atoms with Crippen molar-refractivity contribution in [2.24, 2.45) is 5.73 Å². The van der Waals surface area contributed by atoms with Crippen LogP contribution in [0.4, 0.5) is 10.1 Å². The van der Waals surface area contributed by atoms with Gasteiger partial charge < -0.3 is 15.5 Å². The largest absolute Gasteiger partial charge is 0.456 e. The summed E-state index contributed by atoms with van der Waals surface area (Å²) in [5.74, 6) is 0.482. The molecule has 4 rings (SSSR count). The van der Waals surface area contributed by atoms with Gasteiger partial charge in [0.15, 0.2) is 5.58 Å². The summed E-state index contributed by atoms with van der Waals surface area (Å²) in [6, 6.07) is 5.24. The van der Waals surface area contributed by atoms with Crippen LogP contribution in [0.5, 0.6) is 0 Å². The maximum Gasteiger partial charge on any atom is 0.177 e. The molecule has 1 aliphatic rings. The van der Waals surface area contributed by atoms with Crippen LogP contribution < -0.4 is 11.1 Å². The van der Waals surface area contributed by atoms with Gasteiger partial charge in [-0.15, -0.1) is 11.3 Å². The van der Waals surface area contributed by atoms with E-state index in [9.17, 15) is 4.39 Å². The van der Waals surface area contributed by atoms with Crippen molar-refractivity contribution in [3.8, 4) is 0 Å². The van der Waals surface area contributed by atoms with Crippen molar-refractivity contribution in [1.82, 2.24) is 4.98 Å². The molecule has 3 atom stereocenters. The van der Waals surface area contributed by atoms with Gasteiger partial charge in [-0.3, -0.25) is 0 Å². The molecule has 0 unspecified atom stereocenters. The monoisotopic (exact) mass is 457 g/mol. The first-order valence-electron chi connectivity index (χ1n) is 8.49. The van der Waals surface area contributed by atoms with Crippen LogP contribution in [0, 0.1) is 0 Å². The van der Waals surface area contributed by atoms with Gasteiger partial charge in [-0.05, 0) is 46.6 Å². The maximum absolute atomic E-state index is 14.1. The number of nitrogens with two attached hydrogens (primary N) is 1. The molecular formula is C18H18BrClFN3OS. The van der Waals surface area contributed by atoms with E-state index in [-0.39, 0.29) is 5.92 Å². The lowest BCUT2D eigenvalue weighted by Crippen LogP contribution is -2.40. The lowest BCUT2D eigenvalue weighted by atomic mass is 9.82. The third-order valence-electron chi connectivity index (χ3n) is 4.83. The molecule has 26 heavy (non-hydrogen) atoms. The Labute approximate surface area is 168 Å². The van der Waals surface area contributed by atoms with Crippen molar-refractivity contribution in [3.63, 3.8) is 0 Å². The molecule has 0 amide bonds. The highest BCUT2D eigenvalue weighted by molar-refractivity contribution is 9.10. The van der Waals surface area contributed by atoms with E-state index in [4.69, 9.17) is 21.8 Å². The van der Waals surface area contributed by atoms with E-state index in [1.54, 1.807) is 17.4 Å². The number of fused-ring (bicyclic) bond motifs is 1. The summed E-state index contributed by atoms with van der Waals surface area (Å²) in [5, 5.41) is 5.76. The standard InChI is InChI=1S/C18H18BrClFN3OS/c19-14-16-18(25-17(14)10-4-1-5-11(21)15(10)22)12(7-13(20)24-16)23-8-9-3-2-6-26-9/h2-3,6-7,10-11,15H,1,4-5,8,22H2,(H,23,24)/t10-,11+,15+/m0/s1. The Kier molecular flexibility index (Phi) is 5.23. The highest BCUT2D eigenvalue weighted by atomic mass is 79.9. The fourth-order valence-corrected chi connectivity index (χ4v) is 4.95. The molecule has 0 radical (unpaired) electrons. The van der Waals surface area contributed by atoms with Gasteiger partial charge in [-0.25, -0.2) is 9.37 Å². The number of nitrogens with zero attached hydrogens (tertiary/aromatic N) is 1. The van der Waals surface area contributed by atoms with Crippen LogP contribution in [-0.4, -0.2) is 17.2 Å². The van der Waals surface area contributed by atoms with Crippen molar-refractivity contribution in [2.75, 3.05) is 5.32 Å². The van der Waals surface area contributed by atoms with Crippen LogP contribution in [-0.2, 0) is 6.54 Å². The molecule has 0 bridgehead atoms. The van der Waals surface area contributed by atoms with Crippen molar-refractivity contribution in [1.29, 1.82) is 0 Å². The van der Waals surface area contributed by atoms with Gasteiger partial charge in [0.1, 0.15) is 22.6 Å². The number of furan rings is 1. The molecular weight excluding hydrogens is 441 g/mol. The Morgan fingerprint density at radius 3 is 3.08 bits per heavy atom. The van der Waals surface area contributed by atoms with E-state index in [0.717, 1.165) is 18.5 Å². The average molecular weight is 459 g/mol. The van der Waals surface area contributed by atoms with Crippen molar-refractivity contribution in [2.45, 2.75) is 43.9 Å². The fraction of sp³-hybridized carbons (Fsp3) is 0.389. The van der Waals surface area contributed by atoms with Gasteiger partial charge in [-0.1, -0.05) is 17.7 Å². The van der Waals surface area contributed by atoms with Crippen LogP contribution in [0.2, 0.25) is 5.15 Å². The number of anilines is 1. The number of nitrogens with one attached hydrogen (secondary N) is 1. The summed E-state index contributed by atoms with van der Waals surface area (Å²) in [6.07, 6.45) is 1.08. The molecule has 0 aromatic carbocycles. The van der Waals surface area contributed by atoms with Crippen LogP contribution >= 0.6 is 38.9 Å². The Hall–Kier alpha value is -1.15. The smallest absolute Gasteiger partial charge is 0.177 e. The van der Waals surface area contributed by atoms with Crippen LogP contribution in [0.3, 0.4) is 0 Å². The van der Waals surface area contributed by atoms with Crippen molar-refractivity contribution in [3.05, 3.63) is 43.8 Å². The number of hydrogen-bond acceptors (Lipinski definition) is 5. The number of aromatic nitrogens is 1. The topological polar surface area (TPSA) is 64.1 Å². The molecule has 3 aromatic rings. The van der Waals surface area contributed by atoms with Crippen LogP contribution in [0.15, 0.2) is 32.5 Å². The zero-order valence-corrected chi connectivity index (χ0v) is 17.0. The minimum absolute atomic E-state index is 0.175. The molecule has 1 aliphatic carbocycles. The van der Waals surface area contributed by atoms with Gasteiger partial charge in [0, 0.05) is 29.4 Å². The highest BCUT2D eigenvalue weighted by Crippen LogP contribution is 2.43. The normalized spacial score (nSPS) is 23.5. The molecule has 0 spiro atoms. The fourth-order valence-electron chi connectivity index (χ4n) is 3.47. The van der Waals surface area contributed by atoms with Gasteiger partial charge in [0.25, 0.3) is 0 Å². The molecule has 0 aliphatic heterocycles. The van der Waals surface area contributed by atoms with E-state index < -0.39 is 12.2 Å². The van der Waals surface area contributed by atoms with E-state index in [0.29, 0.717) is 39.5 Å². The van der Waals surface area contributed by atoms with Crippen molar-refractivity contribution < 1.29 is 8.81 Å². The zero-order chi connectivity index (χ0) is 18.3. The Morgan fingerprint density at radius 1 is 1.46 bits per heavy atom. The summed E-state index contributed by atoms with van der Waals surface area (Å²) < 4.78 is 20.9. The summed E-state index contributed by atoms with van der Waals surface area (Å²) in [6.45, 7) is 0.663. The van der Waals surface area contributed by atoms with Crippen LogP contribution in [0.25, 0.3) is 11.1 Å². The molecule has 8 heteroatoms. The molecule has 138 valence electrons. The number of thiophene rings is 1. The van der Waals surface area contributed by atoms with E-state index in [1.807, 2.05) is 11.4 Å². The average Bonchev–Trinajstić information content (AvgIpc) is 3.24. The second-order valence-corrected chi connectivity index (χ2v) is 8.73. The predicted molar refractivity (Wildman–Crippen MR) is 108 cm³/mol. The van der Waals surface area contributed by atoms with Crippen LogP contribution in [0.1, 0.15) is 35.8 Å². The van der Waals surface area contributed by atoms with Gasteiger partial charge in [0.2, 0.25) is 0 Å². The van der Waals surface area contributed by atoms with Gasteiger partial charge in [0.05, 0.1) is 10.2 Å². The minimum Gasteiger partial charge on any atom is -0.456 e. The number of halogens is 3. The first-order chi connectivity index (χ1) is 12.5. The second-order valence-electron chi connectivity index (χ2n) is 6.51. The maximum atomic E-state index is 14.1. The Balaban J connectivity index is 1.72. The quantitative estimate of drug-likeness (QED) is 0.481. The molecule has 1 saturated carbocycles. The number of rotatable bonds is 4. The first kappa shape index (κ1) is 18.2. The summed E-state index contributed by atoms with van der Waals surface area (Å²) in [4.78, 5) is 5.59. The van der Waals surface area contributed by atoms with E-state index >= 15 is 0 Å². The predicted octanol–water partition coefficient (Wildman–Crippen LogP) is 5.85. The molecule has 1 fully saturated rings. The molecule has 0 saturated heterocycles. The third kappa shape index (κ3) is 3.38. The lowest BCUT2D eigenvalue weighted by molar-refractivity contribution is 0.186. The third-order valence-corrected chi connectivity index (χ3v) is 6.66. The molecule has 4 nitrogen and oxygen atoms in total. The molecule has 3 aromatic heterocycles. The van der Waals surface area contributed by atoms with Crippen molar-refractivity contribution >= 4 is 55.7 Å². The minimum atomic E-state index is -1.01. The number of pyridine rings is 1. The lowest BCUT2D eigenvalue weighted by Gasteiger charge is -2.30. The Morgan fingerprint density at radius 2 is 2.31 bits per heavy atom. The summed E-state index contributed by atoms with van der Waals surface area (Å²) in [5.41, 5.74) is 8.13. The Bertz CT molecular complexity index is 917.